The molecule has 2 aromatic heterocycles. The maximum atomic E-state index is 8.90. The van der Waals surface area contributed by atoms with Crippen LogP contribution in [-0.4, -0.2) is 10.1 Å². The van der Waals surface area contributed by atoms with E-state index in [0.29, 0.717) is 18.1 Å². The van der Waals surface area contributed by atoms with E-state index in [2.05, 4.69) is 4.98 Å². The second-order valence-electron chi connectivity index (χ2n) is 3.03. The lowest BCUT2D eigenvalue weighted by atomic mass is 10.3. The van der Waals surface area contributed by atoms with Crippen molar-refractivity contribution >= 4 is 0 Å². The van der Waals surface area contributed by atoms with Crippen LogP contribution in [0.3, 0.4) is 0 Å². The number of hydrogen-bond acceptors (Lipinski definition) is 4. The number of nitrogens with zero attached hydrogens (tertiary/aromatic N) is 1. The molecule has 0 aliphatic carbocycles. The summed E-state index contributed by atoms with van der Waals surface area (Å²) in [7, 11) is 0. The lowest BCUT2D eigenvalue weighted by Gasteiger charge is -2.03. The number of rotatable bonds is 4. The highest BCUT2D eigenvalue weighted by molar-refractivity contribution is 5.15. The number of hydrogen-bond donors (Lipinski definition) is 1. The molecule has 4 nitrogen and oxygen atoms in total. The van der Waals surface area contributed by atoms with E-state index in [1.807, 2.05) is 12.1 Å². The summed E-state index contributed by atoms with van der Waals surface area (Å²) in [5, 5.41) is 8.90. The van der Waals surface area contributed by atoms with E-state index in [1.54, 1.807) is 18.4 Å². The molecule has 15 heavy (non-hydrogen) atoms. The van der Waals surface area contributed by atoms with Gasteiger partial charge in [0.2, 0.25) is 0 Å². The molecule has 2 aromatic rings. The topological polar surface area (TPSA) is 55.5 Å². The molecule has 0 aliphatic rings. The third-order valence-electron chi connectivity index (χ3n) is 1.91. The van der Waals surface area contributed by atoms with Gasteiger partial charge in [0.1, 0.15) is 12.9 Å². The van der Waals surface area contributed by atoms with Crippen molar-refractivity contribution in [2.45, 2.75) is 13.2 Å². The Morgan fingerprint density at radius 2 is 2.13 bits per heavy atom. The summed E-state index contributed by atoms with van der Waals surface area (Å²) in [6, 6.07) is 7.18. The van der Waals surface area contributed by atoms with Gasteiger partial charge < -0.3 is 14.3 Å². The molecule has 0 saturated carbocycles. The molecule has 0 radical (unpaired) electrons. The fourth-order valence-corrected chi connectivity index (χ4v) is 1.19. The van der Waals surface area contributed by atoms with E-state index >= 15 is 0 Å². The van der Waals surface area contributed by atoms with Crippen molar-refractivity contribution in [3.63, 3.8) is 0 Å². The molecule has 0 fully saturated rings. The van der Waals surface area contributed by atoms with Crippen molar-refractivity contribution in [3.8, 4) is 5.75 Å². The first-order valence-corrected chi connectivity index (χ1v) is 4.59. The summed E-state index contributed by atoms with van der Waals surface area (Å²) >= 11 is 0. The van der Waals surface area contributed by atoms with Gasteiger partial charge >= 0.3 is 0 Å². The van der Waals surface area contributed by atoms with Crippen LogP contribution in [0.15, 0.2) is 41.2 Å². The molecular weight excluding hydrogens is 194 g/mol. The van der Waals surface area contributed by atoms with Crippen LogP contribution >= 0.6 is 0 Å². The Morgan fingerprint density at radius 3 is 2.87 bits per heavy atom. The predicted molar refractivity (Wildman–Crippen MR) is 53.2 cm³/mol. The van der Waals surface area contributed by atoms with Crippen molar-refractivity contribution in [2.75, 3.05) is 0 Å². The van der Waals surface area contributed by atoms with Gasteiger partial charge in [-0.15, -0.1) is 0 Å². The standard InChI is InChI=1S/C11H11NO3/c13-6-9-2-1-3-10(12-9)7-15-11-4-5-14-8-11/h1-5,8,13H,6-7H2. The third kappa shape index (κ3) is 2.57. The zero-order valence-electron chi connectivity index (χ0n) is 8.09. The van der Waals surface area contributed by atoms with Crippen molar-refractivity contribution in [3.05, 3.63) is 48.2 Å². The van der Waals surface area contributed by atoms with Gasteiger partial charge in [0, 0.05) is 6.07 Å². The Bertz CT molecular complexity index is 412. The normalized spacial score (nSPS) is 10.2. The number of ether oxygens (including phenoxy) is 1. The summed E-state index contributed by atoms with van der Waals surface area (Å²) in [4.78, 5) is 4.19. The molecule has 0 bridgehead atoms. The van der Waals surface area contributed by atoms with Crippen molar-refractivity contribution < 1.29 is 14.3 Å². The first kappa shape index (κ1) is 9.73. The molecule has 78 valence electrons. The molecule has 0 amide bonds. The van der Waals surface area contributed by atoms with Gasteiger partial charge in [-0.05, 0) is 12.1 Å². The zero-order chi connectivity index (χ0) is 10.5. The molecular formula is C11H11NO3. The van der Waals surface area contributed by atoms with Crippen LogP contribution in [0.5, 0.6) is 5.75 Å². The third-order valence-corrected chi connectivity index (χ3v) is 1.91. The van der Waals surface area contributed by atoms with E-state index in [9.17, 15) is 0 Å². The van der Waals surface area contributed by atoms with Crippen molar-refractivity contribution in [1.82, 2.24) is 4.98 Å². The smallest absolute Gasteiger partial charge is 0.157 e. The van der Waals surface area contributed by atoms with Gasteiger partial charge in [0.25, 0.3) is 0 Å². The number of aliphatic hydroxyl groups is 1. The van der Waals surface area contributed by atoms with E-state index in [-0.39, 0.29) is 6.61 Å². The lowest BCUT2D eigenvalue weighted by Crippen LogP contribution is -1.99. The number of pyridine rings is 1. The molecule has 2 rings (SSSR count). The Hall–Kier alpha value is -1.81. The number of aromatic nitrogens is 1. The summed E-state index contributed by atoms with van der Waals surface area (Å²) < 4.78 is 10.3. The maximum Gasteiger partial charge on any atom is 0.157 e. The van der Waals surface area contributed by atoms with E-state index in [0.717, 1.165) is 5.69 Å². The van der Waals surface area contributed by atoms with Gasteiger partial charge in [-0.1, -0.05) is 6.07 Å². The molecule has 0 spiro atoms. The van der Waals surface area contributed by atoms with Gasteiger partial charge in [-0.2, -0.15) is 0 Å². The minimum absolute atomic E-state index is 0.0560. The van der Waals surface area contributed by atoms with Crippen LogP contribution in [-0.2, 0) is 13.2 Å². The van der Waals surface area contributed by atoms with Gasteiger partial charge in [0.15, 0.2) is 5.75 Å². The summed E-state index contributed by atoms with van der Waals surface area (Å²) in [6.45, 7) is 0.312. The Balaban J connectivity index is 1.98. The summed E-state index contributed by atoms with van der Waals surface area (Å²) in [6.07, 6.45) is 3.07. The highest BCUT2D eigenvalue weighted by Crippen LogP contribution is 2.12. The van der Waals surface area contributed by atoms with Gasteiger partial charge in [0.05, 0.1) is 24.3 Å². The van der Waals surface area contributed by atoms with Crippen LogP contribution in [0.25, 0.3) is 0 Å². The number of furan rings is 1. The zero-order valence-corrected chi connectivity index (χ0v) is 8.09. The van der Waals surface area contributed by atoms with Crippen LogP contribution in [0, 0.1) is 0 Å². The lowest BCUT2D eigenvalue weighted by molar-refractivity contribution is 0.272. The van der Waals surface area contributed by atoms with Gasteiger partial charge in [-0.3, -0.25) is 4.98 Å². The monoisotopic (exact) mass is 205 g/mol. The fourth-order valence-electron chi connectivity index (χ4n) is 1.19. The minimum atomic E-state index is -0.0560. The van der Waals surface area contributed by atoms with Crippen LogP contribution in [0.4, 0.5) is 0 Å². The average Bonchev–Trinajstić information content (AvgIpc) is 2.79. The molecule has 2 heterocycles. The Kier molecular flexibility index (Phi) is 2.99. The van der Waals surface area contributed by atoms with Crippen LogP contribution in [0.2, 0.25) is 0 Å². The van der Waals surface area contributed by atoms with Crippen LogP contribution < -0.4 is 4.74 Å². The fraction of sp³-hybridized carbons (Fsp3) is 0.182. The van der Waals surface area contributed by atoms with E-state index in [1.165, 1.54) is 6.26 Å². The molecule has 0 aliphatic heterocycles. The molecule has 0 unspecified atom stereocenters. The van der Waals surface area contributed by atoms with Gasteiger partial charge in [-0.25, -0.2) is 0 Å². The second-order valence-corrected chi connectivity index (χ2v) is 3.03. The molecule has 0 aromatic carbocycles. The largest absolute Gasteiger partial charge is 0.484 e. The Labute approximate surface area is 87.1 Å². The maximum absolute atomic E-state index is 8.90. The molecule has 0 atom stereocenters. The molecule has 0 saturated heterocycles. The minimum Gasteiger partial charge on any atom is -0.484 e. The average molecular weight is 205 g/mol. The van der Waals surface area contributed by atoms with Crippen molar-refractivity contribution in [1.29, 1.82) is 0 Å². The number of aliphatic hydroxyl groups excluding tert-OH is 1. The highest BCUT2D eigenvalue weighted by Gasteiger charge is 1.99. The van der Waals surface area contributed by atoms with E-state index < -0.39 is 0 Å². The molecule has 4 heteroatoms. The van der Waals surface area contributed by atoms with E-state index in [4.69, 9.17) is 14.3 Å². The summed E-state index contributed by atoms with van der Waals surface area (Å²) in [5.74, 6) is 0.672. The summed E-state index contributed by atoms with van der Waals surface area (Å²) in [5.41, 5.74) is 1.42. The first-order valence-electron chi connectivity index (χ1n) is 4.59. The Morgan fingerprint density at radius 1 is 1.27 bits per heavy atom. The first-order chi connectivity index (χ1) is 7.38. The highest BCUT2D eigenvalue weighted by atomic mass is 16.5. The van der Waals surface area contributed by atoms with Crippen LogP contribution in [0.1, 0.15) is 11.4 Å². The second kappa shape index (κ2) is 4.61. The van der Waals surface area contributed by atoms with Crippen molar-refractivity contribution in [2.24, 2.45) is 0 Å². The predicted octanol–water partition coefficient (Wildman–Crippen LogP) is 1.75. The molecule has 1 N–H and O–H groups in total. The SMILES string of the molecule is OCc1cccc(COc2ccoc2)n1. The quantitative estimate of drug-likeness (QED) is 0.826.